The van der Waals surface area contributed by atoms with E-state index >= 15 is 0 Å². The summed E-state index contributed by atoms with van der Waals surface area (Å²) < 4.78 is 63.8. The van der Waals surface area contributed by atoms with Gasteiger partial charge in [0.15, 0.2) is 15.7 Å². The van der Waals surface area contributed by atoms with Gasteiger partial charge in [-0.15, -0.1) is 0 Å². The number of carbonyl (C=O) groups excluding carboxylic acids is 2. The lowest BCUT2D eigenvalue weighted by atomic mass is 9.92. The lowest BCUT2D eigenvalue weighted by Crippen LogP contribution is -2.47. The minimum atomic E-state index is -4.62. The van der Waals surface area contributed by atoms with Crippen molar-refractivity contribution in [1.29, 1.82) is 0 Å². The van der Waals surface area contributed by atoms with Gasteiger partial charge in [0.25, 0.3) is 5.91 Å². The Kier molecular flexibility index (Phi) is 9.03. The molecule has 1 aromatic carbocycles. The molecule has 2 N–H and O–H groups in total. The lowest BCUT2D eigenvalue weighted by molar-refractivity contribution is -0.137. The maximum Gasteiger partial charge on any atom is 0.416 e. The zero-order chi connectivity index (χ0) is 29.1. The molecule has 13 heteroatoms. The topological polar surface area (TPSA) is 112 Å². The van der Waals surface area contributed by atoms with Crippen LogP contribution in [0.2, 0.25) is 0 Å². The molecule has 2 aliphatic heterocycles. The fourth-order valence-electron chi connectivity index (χ4n) is 5.20. The number of benzene rings is 1. The van der Waals surface area contributed by atoms with Crippen molar-refractivity contribution in [3.63, 3.8) is 0 Å². The average Bonchev–Trinajstić information content (AvgIpc) is 2.88. The second kappa shape index (κ2) is 12.1. The molecule has 40 heavy (non-hydrogen) atoms. The number of hydrogen-bond donors (Lipinski definition) is 2. The van der Waals surface area contributed by atoms with Crippen LogP contribution in [0.25, 0.3) is 0 Å². The molecule has 0 unspecified atom stereocenters. The number of rotatable bonds is 7. The predicted molar refractivity (Wildman–Crippen MR) is 145 cm³/mol. The number of sulfone groups is 1. The molecule has 1 atom stereocenters. The molecule has 0 bridgehead atoms. The highest BCUT2D eigenvalue weighted by Gasteiger charge is 2.31. The Labute approximate surface area is 232 Å². The Morgan fingerprint density at radius 2 is 1.82 bits per heavy atom. The van der Waals surface area contributed by atoms with Crippen LogP contribution in [0.3, 0.4) is 0 Å². The van der Waals surface area contributed by atoms with E-state index in [-0.39, 0.29) is 34.0 Å². The molecule has 1 aromatic heterocycles. The minimum Gasteiger partial charge on any atom is -0.355 e. The highest BCUT2D eigenvalue weighted by atomic mass is 32.2. The fourth-order valence-corrected chi connectivity index (χ4v) is 5.77. The molecule has 3 heterocycles. The van der Waals surface area contributed by atoms with Gasteiger partial charge in [0.05, 0.1) is 16.1 Å². The summed E-state index contributed by atoms with van der Waals surface area (Å²) in [4.78, 5) is 33.8. The van der Waals surface area contributed by atoms with Crippen LogP contribution in [-0.2, 0) is 20.8 Å². The van der Waals surface area contributed by atoms with Gasteiger partial charge in [0.2, 0.25) is 5.91 Å². The number of anilines is 2. The van der Waals surface area contributed by atoms with Gasteiger partial charge < -0.3 is 20.4 Å². The van der Waals surface area contributed by atoms with Gasteiger partial charge in [-0.3, -0.25) is 9.59 Å². The number of pyridine rings is 1. The van der Waals surface area contributed by atoms with Gasteiger partial charge in [-0.25, -0.2) is 13.4 Å². The third-order valence-corrected chi connectivity index (χ3v) is 8.43. The molecular formula is C27H34F3N5O4S. The molecule has 0 aliphatic carbocycles. The van der Waals surface area contributed by atoms with Gasteiger partial charge in [-0.1, -0.05) is 6.07 Å². The zero-order valence-corrected chi connectivity index (χ0v) is 23.3. The van der Waals surface area contributed by atoms with Gasteiger partial charge in [0, 0.05) is 50.1 Å². The quantitative estimate of drug-likeness (QED) is 0.514. The molecule has 2 fully saturated rings. The summed E-state index contributed by atoms with van der Waals surface area (Å²) in [5.74, 6) is -0.306. The standard InChI is InChI=1S/C27H34F3N5O4S/c1-34-10-4-7-21(17-34)32-24(36)13-18-8-11-35(12-9-18)25-23(15-22(16-31-25)40(2,38)39)33-26(37)19-5-3-6-20(14-19)27(28,29)30/h3,5-6,14-16,18,21H,4,7-13,17H2,1-2H3,(H,32,36)(H,33,37)/t21-/m0/s1. The molecule has 9 nitrogen and oxygen atoms in total. The van der Waals surface area contributed by atoms with Crippen molar-refractivity contribution in [3.8, 4) is 0 Å². The van der Waals surface area contributed by atoms with Crippen LogP contribution in [0, 0.1) is 5.92 Å². The number of nitrogens with zero attached hydrogens (tertiary/aromatic N) is 3. The number of likely N-dealkylation sites (N-methyl/N-ethyl adjacent to an activating group) is 1. The molecule has 2 saturated heterocycles. The first kappa shape index (κ1) is 29.8. The average molecular weight is 582 g/mol. The van der Waals surface area contributed by atoms with Crippen molar-refractivity contribution in [2.45, 2.75) is 49.2 Å². The van der Waals surface area contributed by atoms with Crippen LogP contribution < -0.4 is 15.5 Å². The van der Waals surface area contributed by atoms with E-state index in [1.54, 1.807) is 0 Å². The minimum absolute atomic E-state index is 0.0309. The van der Waals surface area contributed by atoms with Gasteiger partial charge in [0.1, 0.15) is 0 Å². The lowest BCUT2D eigenvalue weighted by Gasteiger charge is -2.34. The third-order valence-electron chi connectivity index (χ3n) is 7.35. The largest absolute Gasteiger partial charge is 0.416 e. The van der Waals surface area contributed by atoms with Crippen molar-refractivity contribution in [3.05, 3.63) is 47.7 Å². The first-order valence-electron chi connectivity index (χ1n) is 13.2. The summed E-state index contributed by atoms with van der Waals surface area (Å²) in [6.45, 7) is 2.91. The molecule has 2 aromatic rings. The van der Waals surface area contributed by atoms with Crippen molar-refractivity contribution in [2.75, 3.05) is 49.7 Å². The van der Waals surface area contributed by atoms with Crippen molar-refractivity contribution in [2.24, 2.45) is 5.92 Å². The van der Waals surface area contributed by atoms with Crippen LogP contribution in [0.5, 0.6) is 0 Å². The summed E-state index contributed by atoms with van der Waals surface area (Å²) in [5.41, 5.74) is -1.10. The number of nitrogens with one attached hydrogen (secondary N) is 2. The maximum absolute atomic E-state index is 13.2. The van der Waals surface area contributed by atoms with Crippen LogP contribution in [-0.4, -0.2) is 75.6 Å². The number of likely N-dealkylation sites (tertiary alicyclic amines) is 1. The maximum atomic E-state index is 13.2. The van der Waals surface area contributed by atoms with E-state index in [0.717, 1.165) is 50.4 Å². The van der Waals surface area contributed by atoms with E-state index in [2.05, 4.69) is 20.5 Å². The number of amides is 2. The van der Waals surface area contributed by atoms with Crippen molar-refractivity contribution >= 4 is 33.2 Å². The van der Waals surface area contributed by atoms with Crippen LogP contribution >= 0.6 is 0 Å². The van der Waals surface area contributed by atoms with Crippen LogP contribution in [0.1, 0.15) is 48.0 Å². The van der Waals surface area contributed by atoms with E-state index in [1.807, 2.05) is 11.9 Å². The second-order valence-electron chi connectivity index (χ2n) is 10.7. The molecular weight excluding hydrogens is 547 g/mol. The summed E-state index contributed by atoms with van der Waals surface area (Å²) >= 11 is 0. The van der Waals surface area contributed by atoms with Gasteiger partial charge >= 0.3 is 6.18 Å². The molecule has 2 amide bonds. The highest BCUT2D eigenvalue weighted by Crippen LogP contribution is 2.32. The number of hydrogen-bond acceptors (Lipinski definition) is 7. The van der Waals surface area contributed by atoms with Crippen LogP contribution in [0.4, 0.5) is 24.7 Å². The first-order chi connectivity index (χ1) is 18.8. The normalized spacial score (nSPS) is 19.3. The summed E-state index contributed by atoms with van der Waals surface area (Å²) in [5, 5.41) is 5.70. The number of carbonyl (C=O) groups is 2. The first-order valence-corrected chi connectivity index (χ1v) is 15.1. The molecule has 0 radical (unpaired) electrons. The van der Waals surface area contributed by atoms with Crippen molar-refractivity contribution < 1.29 is 31.2 Å². The van der Waals surface area contributed by atoms with E-state index in [0.29, 0.717) is 38.2 Å². The summed E-state index contributed by atoms with van der Waals surface area (Å²) in [7, 11) is -1.62. The van der Waals surface area contributed by atoms with Crippen molar-refractivity contribution in [1.82, 2.24) is 15.2 Å². The molecule has 218 valence electrons. The Balaban J connectivity index is 1.45. The van der Waals surface area contributed by atoms with Gasteiger partial charge in [-0.05, 0) is 69.5 Å². The number of halogens is 3. The smallest absolute Gasteiger partial charge is 0.355 e. The monoisotopic (exact) mass is 581 g/mol. The van der Waals surface area contributed by atoms with E-state index in [4.69, 9.17) is 0 Å². The van der Waals surface area contributed by atoms with E-state index < -0.39 is 27.5 Å². The predicted octanol–water partition coefficient (Wildman–Crippen LogP) is 3.57. The summed E-state index contributed by atoms with van der Waals surface area (Å²) in [6, 6.07) is 5.42. The second-order valence-corrected chi connectivity index (χ2v) is 12.7. The Morgan fingerprint density at radius 1 is 1.10 bits per heavy atom. The molecule has 4 rings (SSSR count). The number of piperidine rings is 2. The van der Waals surface area contributed by atoms with E-state index in [9.17, 15) is 31.2 Å². The summed E-state index contributed by atoms with van der Waals surface area (Å²) in [6.07, 6.45) is 1.40. The Morgan fingerprint density at radius 3 is 2.48 bits per heavy atom. The Bertz CT molecular complexity index is 1340. The van der Waals surface area contributed by atoms with Gasteiger partial charge in [-0.2, -0.15) is 13.2 Å². The van der Waals surface area contributed by atoms with E-state index in [1.165, 1.54) is 18.3 Å². The van der Waals surface area contributed by atoms with Crippen LogP contribution in [0.15, 0.2) is 41.4 Å². The zero-order valence-electron chi connectivity index (χ0n) is 22.5. The Hall–Kier alpha value is -3.19. The molecule has 2 aliphatic rings. The molecule has 0 spiro atoms. The third kappa shape index (κ3) is 7.72. The SMILES string of the molecule is CN1CCC[C@H](NC(=O)CC2CCN(c3ncc(S(C)(=O)=O)cc3NC(=O)c3cccc(C(F)(F)F)c3)CC2)C1. The number of alkyl halides is 3. The molecule has 0 saturated carbocycles. The number of aromatic nitrogens is 1. The fraction of sp³-hybridized carbons (Fsp3) is 0.519. The highest BCUT2D eigenvalue weighted by molar-refractivity contribution is 7.90.